The van der Waals surface area contributed by atoms with Crippen molar-refractivity contribution < 1.29 is 17.9 Å². The molecule has 0 spiro atoms. The highest BCUT2D eigenvalue weighted by molar-refractivity contribution is 7.89. The molecule has 0 aliphatic carbocycles. The number of pyridine rings is 1. The molecule has 1 aromatic heterocycles. The Morgan fingerprint density at radius 2 is 1.96 bits per heavy atom. The van der Waals surface area contributed by atoms with Crippen molar-refractivity contribution in [2.45, 2.75) is 24.3 Å². The van der Waals surface area contributed by atoms with E-state index in [0.717, 1.165) is 5.56 Å². The number of aryl methyl sites for hydroxylation is 1. The molecule has 0 N–H and O–H groups in total. The van der Waals surface area contributed by atoms with Crippen molar-refractivity contribution in [1.29, 1.82) is 0 Å². The molecule has 1 atom stereocenters. The Labute approximate surface area is 142 Å². The first-order valence-corrected chi connectivity index (χ1v) is 9.16. The number of nitrogens with zero attached hydrogens (tertiary/aromatic N) is 2. The molecule has 128 valence electrons. The lowest BCUT2D eigenvalue weighted by atomic mass is 10.2. The average molecular weight is 348 g/mol. The Kier molecular flexibility index (Phi) is 4.73. The van der Waals surface area contributed by atoms with Gasteiger partial charge in [-0.15, -0.1) is 0 Å². The molecule has 0 amide bonds. The molecule has 1 aliphatic heterocycles. The van der Waals surface area contributed by atoms with Crippen LogP contribution < -0.4 is 9.47 Å². The van der Waals surface area contributed by atoms with Crippen molar-refractivity contribution in [3.8, 4) is 11.5 Å². The number of methoxy groups -OCH3 is 1. The zero-order valence-corrected chi connectivity index (χ0v) is 14.5. The molecule has 1 fully saturated rings. The van der Waals surface area contributed by atoms with Crippen molar-refractivity contribution in [1.82, 2.24) is 9.29 Å². The normalized spacial score (nSPS) is 18.5. The predicted molar refractivity (Wildman–Crippen MR) is 89.8 cm³/mol. The fraction of sp³-hybridized carbons (Fsp3) is 0.353. The number of sulfonamides is 1. The number of hydrogen-bond acceptors (Lipinski definition) is 5. The summed E-state index contributed by atoms with van der Waals surface area (Å²) in [5.41, 5.74) is 0.873. The second-order valence-electron chi connectivity index (χ2n) is 5.73. The maximum Gasteiger partial charge on any atom is 0.246 e. The smallest absolute Gasteiger partial charge is 0.246 e. The first-order valence-electron chi connectivity index (χ1n) is 7.72. The summed E-state index contributed by atoms with van der Waals surface area (Å²) in [7, 11) is -2.14. The number of ether oxygens (including phenoxy) is 2. The summed E-state index contributed by atoms with van der Waals surface area (Å²) in [5, 5.41) is 0. The van der Waals surface area contributed by atoms with E-state index in [1.54, 1.807) is 36.7 Å². The number of rotatable bonds is 5. The van der Waals surface area contributed by atoms with Gasteiger partial charge in [0.1, 0.15) is 22.5 Å². The second-order valence-corrected chi connectivity index (χ2v) is 7.64. The summed E-state index contributed by atoms with van der Waals surface area (Å²) in [6.07, 6.45) is 3.78. The summed E-state index contributed by atoms with van der Waals surface area (Å²) in [6, 6.07) is 8.69. The van der Waals surface area contributed by atoms with E-state index < -0.39 is 10.0 Å². The summed E-state index contributed by atoms with van der Waals surface area (Å²) in [4.78, 5) is 4.14. The van der Waals surface area contributed by atoms with Gasteiger partial charge < -0.3 is 9.47 Å². The highest BCUT2D eigenvalue weighted by Crippen LogP contribution is 2.30. The average Bonchev–Trinajstić information content (AvgIpc) is 3.05. The molecule has 0 bridgehead atoms. The van der Waals surface area contributed by atoms with Crippen molar-refractivity contribution in [3.05, 3.63) is 48.3 Å². The molecule has 1 aliphatic rings. The van der Waals surface area contributed by atoms with Crippen LogP contribution in [0.4, 0.5) is 0 Å². The van der Waals surface area contributed by atoms with Gasteiger partial charge in [0.2, 0.25) is 10.0 Å². The maximum atomic E-state index is 12.9. The minimum absolute atomic E-state index is 0.169. The minimum Gasteiger partial charge on any atom is -0.495 e. The van der Waals surface area contributed by atoms with Crippen molar-refractivity contribution in [2.75, 3.05) is 20.2 Å². The van der Waals surface area contributed by atoms with Gasteiger partial charge in [-0.25, -0.2) is 8.42 Å². The SMILES string of the molecule is COc1ccc(C)cc1S(=O)(=O)N1CCC(Oc2ccncc2)C1. The van der Waals surface area contributed by atoms with E-state index >= 15 is 0 Å². The third kappa shape index (κ3) is 3.37. The van der Waals surface area contributed by atoms with E-state index in [0.29, 0.717) is 31.0 Å². The molecule has 24 heavy (non-hydrogen) atoms. The van der Waals surface area contributed by atoms with Crippen LogP contribution in [0.5, 0.6) is 11.5 Å². The quantitative estimate of drug-likeness (QED) is 0.829. The van der Waals surface area contributed by atoms with Crippen LogP contribution in [0.25, 0.3) is 0 Å². The molecular weight excluding hydrogens is 328 g/mol. The van der Waals surface area contributed by atoms with Crippen LogP contribution in [0, 0.1) is 6.92 Å². The van der Waals surface area contributed by atoms with Crippen LogP contribution in [-0.4, -0.2) is 44.0 Å². The van der Waals surface area contributed by atoms with Gasteiger partial charge in [-0.2, -0.15) is 4.31 Å². The minimum atomic E-state index is -3.61. The van der Waals surface area contributed by atoms with Crippen LogP contribution in [0.2, 0.25) is 0 Å². The van der Waals surface area contributed by atoms with E-state index in [9.17, 15) is 8.42 Å². The van der Waals surface area contributed by atoms with Crippen molar-refractivity contribution in [3.63, 3.8) is 0 Å². The summed E-state index contributed by atoms with van der Waals surface area (Å²) in [5.74, 6) is 1.06. The molecular formula is C17H20N2O4S. The van der Waals surface area contributed by atoms with E-state index in [-0.39, 0.29) is 11.0 Å². The van der Waals surface area contributed by atoms with E-state index in [4.69, 9.17) is 9.47 Å². The summed E-state index contributed by atoms with van der Waals surface area (Å²) < 4.78 is 38.4. The van der Waals surface area contributed by atoms with Gasteiger partial charge in [-0.1, -0.05) is 6.07 Å². The van der Waals surface area contributed by atoms with Crippen molar-refractivity contribution >= 4 is 10.0 Å². The van der Waals surface area contributed by atoms with Crippen LogP contribution >= 0.6 is 0 Å². The van der Waals surface area contributed by atoms with Gasteiger partial charge in [-0.05, 0) is 43.2 Å². The molecule has 2 heterocycles. The number of benzene rings is 1. The maximum absolute atomic E-state index is 12.9. The first kappa shape index (κ1) is 16.7. The van der Waals surface area contributed by atoms with Gasteiger partial charge in [0.15, 0.2) is 0 Å². The monoisotopic (exact) mass is 348 g/mol. The Bertz CT molecular complexity index is 809. The standard InChI is InChI=1S/C17H20N2O4S/c1-13-3-4-16(22-2)17(11-13)24(20,21)19-10-7-15(12-19)23-14-5-8-18-9-6-14/h3-6,8-9,11,15H,7,10,12H2,1-2H3. The largest absolute Gasteiger partial charge is 0.495 e. The molecule has 1 saturated heterocycles. The third-order valence-corrected chi connectivity index (χ3v) is 5.88. The van der Waals surface area contributed by atoms with Crippen LogP contribution in [0.3, 0.4) is 0 Å². The van der Waals surface area contributed by atoms with E-state index in [1.807, 2.05) is 13.0 Å². The predicted octanol–water partition coefficient (Wildman–Crippen LogP) is 2.24. The van der Waals surface area contributed by atoms with Crippen LogP contribution in [0.15, 0.2) is 47.6 Å². The topological polar surface area (TPSA) is 68.7 Å². The first-order chi connectivity index (χ1) is 11.5. The zero-order valence-electron chi connectivity index (χ0n) is 13.7. The Hall–Kier alpha value is -2.12. The lowest BCUT2D eigenvalue weighted by molar-refractivity contribution is 0.215. The van der Waals surface area contributed by atoms with Gasteiger partial charge >= 0.3 is 0 Å². The lowest BCUT2D eigenvalue weighted by Crippen LogP contribution is -2.31. The lowest BCUT2D eigenvalue weighted by Gasteiger charge is -2.19. The summed E-state index contributed by atoms with van der Waals surface area (Å²) >= 11 is 0. The molecule has 1 unspecified atom stereocenters. The second kappa shape index (κ2) is 6.78. The highest BCUT2D eigenvalue weighted by Gasteiger charge is 2.35. The zero-order chi connectivity index (χ0) is 17.2. The number of hydrogen-bond donors (Lipinski definition) is 0. The fourth-order valence-corrected chi connectivity index (χ4v) is 4.47. The molecule has 0 radical (unpaired) electrons. The molecule has 6 nitrogen and oxygen atoms in total. The Balaban J connectivity index is 1.78. The van der Waals surface area contributed by atoms with Gasteiger partial charge in [0.05, 0.1) is 13.7 Å². The number of aromatic nitrogens is 1. The molecule has 2 aromatic rings. The van der Waals surface area contributed by atoms with Crippen molar-refractivity contribution in [2.24, 2.45) is 0 Å². The fourth-order valence-electron chi connectivity index (χ4n) is 2.75. The van der Waals surface area contributed by atoms with E-state index in [1.165, 1.54) is 11.4 Å². The van der Waals surface area contributed by atoms with Crippen LogP contribution in [-0.2, 0) is 10.0 Å². The van der Waals surface area contributed by atoms with Gasteiger partial charge in [0, 0.05) is 18.9 Å². The van der Waals surface area contributed by atoms with Gasteiger partial charge in [0.25, 0.3) is 0 Å². The third-order valence-electron chi connectivity index (χ3n) is 4.00. The Morgan fingerprint density at radius 3 is 2.67 bits per heavy atom. The molecule has 7 heteroatoms. The van der Waals surface area contributed by atoms with E-state index in [2.05, 4.69) is 4.98 Å². The van der Waals surface area contributed by atoms with Crippen LogP contribution in [0.1, 0.15) is 12.0 Å². The highest BCUT2D eigenvalue weighted by atomic mass is 32.2. The Morgan fingerprint density at radius 1 is 1.21 bits per heavy atom. The van der Waals surface area contributed by atoms with Gasteiger partial charge in [-0.3, -0.25) is 4.98 Å². The molecule has 1 aromatic carbocycles. The summed E-state index contributed by atoms with van der Waals surface area (Å²) in [6.45, 7) is 2.61. The molecule has 3 rings (SSSR count). The molecule has 0 saturated carbocycles.